The summed E-state index contributed by atoms with van der Waals surface area (Å²) in [6.07, 6.45) is 9.37. The monoisotopic (exact) mass is 650 g/mol. The maximum absolute atomic E-state index is 11.6. The number of unbranched alkanes of at least 4 members (excludes halogenated alkanes) is 4. The molecule has 0 aliphatic carbocycles. The first kappa shape index (κ1) is 36.4. The lowest BCUT2D eigenvalue weighted by molar-refractivity contribution is -0.140. The predicted octanol–water partition coefficient (Wildman–Crippen LogP) is 8.81. The first-order chi connectivity index (χ1) is 23.5. The van der Waals surface area contributed by atoms with Gasteiger partial charge in [0.1, 0.15) is 31.3 Å². The predicted molar refractivity (Wildman–Crippen MR) is 194 cm³/mol. The van der Waals surface area contributed by atoms with Crippen molar-refractivity contribution in [1.82, 2.24) is 0 Å². The average molecular weight is 651 g/mol. The van der Waals surface area contributed by atoms with E-state index in [1.807, 2.05) is 24.3 Å². The quantitative estimate of drug-likeness (QED) is 0.0552. The molecule has 0 heterocycles. The summed E-state index contributed by atoms with van der Waals surface area (Å²) < 4.78 is 21.5. The highest BCUT2D eigenvalue weighted by atomic mass is 16.6. The molecule has 0 spiro atoms. The normalized spacial score (nSPS) is 10.9. The van der Waals surface area contributed by atoms with E-state index in [1.54, 1.807) is 7.11 Å². The fraction of sp³-hybridized carbons (Fsp3) is 0.357. The molecule has 0 fully saturated rings. The molecule has 6 nitrogen and oxygen atoms in total. The Morgan fingerprint density at radius 3 is 1.79 bits per heavy atom. The number of carbonyl (C=O) groups is 1. The van der Waals surface area contributed by atoms with Gasteiger partial charge in [-0.25, -0.2) is 4.79 Å². The van der Waals surface area contributed by atoms with Crippen LogP contribution in [0.5, 0.6) is 11.5 Å². The maximum Gasteiger partial charge on any atom is 0.335 e. The number of aliphatic hydroxyl groups excluding tert-OH is 1. The van der Waals surface area contributed by atoms with Crippen LogP contribution in [0.15, 0.2) is 103 Å². The number of benzene rings is 4. The number of hydrogen-bond acceptors (Lipinski definition) is 6. The summed E-state index contributed by atoms with van der Waals surface area (Å²) in [5, 5.41) is 8.97. The van der Waals surface area contributed by atoms with Gasteiger partial charge in [-0.05, 0) is 88.9 Å². The van der Waals surface area contributed by atoms with Crippen LogP contribution in [0.3, 0.4) is 0 Å². The second-order valence-electron chi connectivity index (χ2n) is 12.0. The van der Waals surface area contributed by atoms with E-state index in [-0.39, 0.29) is 18.8 Å². The average Bonchev–Trinajstić information content (AvgIpc) is 3.13. The van der Waals surface area contributed by atoms with Crippen LogP contribution < -0.4 is 9.47 Å². The molecule has 0 amide bonds. The molecule has 0 aromatic heterocycles. The molecule has 4 aromatic carbocycles. The Balaban J connectivity index is 1.37. The number of methoxy groups -OCH3 is 1. The van der Waals surface area contributed by atoms with Crippen LogP contribution in [0.4, 0.5) is 0 Å². The smallest absolute Gasteiger partial charge is 0.335 e. The van der Waals surface area contributed by atoms with E-state index in [9.17, 15) is 4.79 Å². The maximum atomic E-state index is 11.6. The lowest BCUT2D eigenvalue weighted by atomic mass is 9.92. The third kappa shape index (κ3) is 11.7. The molecule has 254 valence electrons. The highest BCUT2D eigenvalue weighted by Crippen LogP contribution is 2.28. The minimum Gasteiger partial charge on any atom is -0.491 e. The van der Waals surface area contributed by atoms with E-state index in [0.717, 1.165) is 30.6 Å². The summed E-state index contributed by atoms with van der Waals surface area (Å²) in [7, 11) is 1.67. The van der Waals surface area contributed by atoms with Gasteiger partial charge in [-0.1, -0.05) is 106 Å². The minimum absolute atomic E-state index is 0.0307. The second-order valence-corrected chi connectivity index (χ2v) is 12.0. The Morgan fingerprint density at radius 2 is 1.19 bits per heavy atom. The van der Waals surface area contributed by atoms with Gasteiger partial charge in [0.25, 0.3) is 0 Å². The number of aryl methyl sites for hydroxylation is 3. The molecular weight excluding hydrogens is 600 g/mol. The van der Waals surface area contributed by atoms with Crippen LogP contribution in [0.1, 0.15) is 55.7 Å². The van der Waals surface area contributed by atoms with Gasteiger partial charge in [-0.15, -0.1) is 0 Å². The van der Waals surface area contributed by atoms with Gasteiger partial charge in [0.2, 0.25) is 0 Å². The van der Waals surface area contributed by atoms with Crippen molar-refractivity contribution in [1.29, 1.82) is 0 Å². The first-order valence-electron chi connectivity index (χ1n) is 17.1. The molecule has 0 aliphatic heterocycles. The highest BCUT2D eigenvalue weighted by molar-refractivity contribution is 5.87. The fourth-order valence-electron chi connectivity index (χ4n) is 5.53. The lowest BCUT2D eigenvalue weighted by Crippen LogP contribution is -2.14. The molecule has 0 radical (unpaired) electrons. The van der Waals surface area contributed by atoms with E-state index in [4.69, 9.17) is 24.1 Å². The van der Waals surface area contributed by atoms with E-state index >= 15 is 0 Å². The van der Waals surface area contributed by atoms with Crippen LogP contribution >= 0.6 is 0 Å². The summed E-state index contributed by atoms with van der Waals surface area (Å²) in [6, 6.07) is 32.1. The van der Waals surface area contributed by atoms with Crippen LogP contribution in [0.2, 0.25) is 0 Å². The van der Waals surface area contributed by atoms with Crippen molar-refractivity contribution in [2.45, 2.75) is 58.3 Å². The largest absolute Gasteiger partial charge is 0.491 e. The Hall–Kier alpha value is -4.39. The van der Waals surface area contributed by atoms with Crippen LogP contribution in [0.25, 0.3) is 22.3 Å². The van der Waals surface area contributed by atoms with Crippen molar-refractivity contribution >= 4 is 5.97 Å². The zero-order chi connectivity index (χ0) is 34.0. The molecule has 4 rings (SSSR count). The van der Waals surface area contributed by atoms with E-state index in [2.05, 4.69) is 80.2 Å². The van der Waals surface area contributed by atoms with E-state index < -0.39 is 12.6 Å². The molecule has 4 aromatic rings. The van der Waals surface area contributed by atoms with Crippen LogP contribution in [-0.2, 0) is 33.5 Å². The molecule has 0 unspecified atom stereocenters. The number of carbonyl (C=O) groups excluding carboxylic acids is 1. The Bertz CT molecular complexity index is 1540. The molecule has 0 bridgehead atoms. The fourth-order valence-corrected chi connectivity index (χ4v) is 5.53. The standard InChI is InChI=1S/C42H50O6/c1-4-5-6-7-8-9-38-30-39(37-20-24-41(25-21-37)47-28-29-48-42(44)32(2)31-43)17-16-36(38)15-12-33-10-13-34(14-11-33)35-18-22-40(23-19-35)46-27-26-45-3/h10-11,13-14,16-25,30,43H,2,4-9,12,15,26-29,31H2,1,3H3. The van der Waals surface area contributed by atoms with Gasteiger partial charge in [-0.3, -0.25) is 0 Å². The Labute approximate surface area is 286 Å². The molecule has 0 aliphatic rings. The van der Waals surface area contributed by atoms with Crippen molar-refractivity contribution in [2.24, 2.45) is 0 Å². The summed E-state index contributed by atoms with van der Waals surface area (Å²) in [5.74, 6) is 0.950. The summed E-state index contributed by atoms with van der Waals surface area (Å²) in [5.41, 5.74) is 8.92. The summed E-state index contributed by atoms with van der Waals surface area (Å²) in [6.45, 7) is 6.74. The molecule has 0 atom stereocenters. The number of rotatable bonds is 21. The number of hydrogen-bond donors (Lipinski definition) is 1. The van der Waals surface area contributed by atoms with Gasteiger partial charge in [0, 0.05) is 7.11 Å². The van der Waals surface area contributed by atoms with Crippen molar-refractivity contribution in [3.05, 3.63) is 120 Å². The summed E-state index contributed by atoms with van der Waals surface area (Å²) in [4.78, 5) is 11.6. The van der Waals surface area contributed by atoms with Crippen molar-refractivity contribution in [3.8, 4) is 33.8 Å². The van der Waals surface area contributed by atoms with Crippen molar-refractivity contribution in [3.63, 3.8) is 0 Å². The molecule has 6 heteroatoms. The Kier molecular flexibility index (Phi) is 15.2. The number of esters is 1. The molecule has 0 saturated heterocycles. The van der Waals surface area contributed by atoms with E-state index in [1.165, 1.54) is 65.5 Å². The Morgan fingerprint density at radius 1 is 0.625 bits per heavy atom. The van der Waals surface area contributed by atoms with Gasteiger partial charge in [-0.2, -0.15) is 0 Å². The van der Waals surface area contributed by atoms with Crippen LogP contribution in [0, 0.1) is 0 Å². The second kappa shape index (κ2) is 20.1. The van der Waals surface area contributed by atoms with Crippen LogP contribution in [-0.4, -0.2) is 51.2 Å². The molecule has 48 heavy (non-hydrogen) atoms. The number of aliphatic hydroxyl groups is 1. The topological polar surface area (TPSA) is 74.2 Å². The highest BCUT2D eigenvalue weighted by Gasteiger charge is 2.09. The lowest BCUT2D eigenvalue weighted by Gasteiger charge is -2.14. The molecule has 1 N–H and O–H groups in total. The molecule has 0 saturated carbocycles. The number of ether oxygens (including phenoxy) is 4. The molecular formula is C42H50O6. The zero-order valence-corrected chi connectivity index (χ0v) is 28.5. The third-order valence-electron chi connectivity index (χ3n) is 8.39. The van der Waals surface area contributed by atoms with Gasteiger partial charge < -0.3 is 24.1 Å². The SMILES string of the molecule is C=C(CO)C(=O)OCCOc1ccc(-c2ccc(CCc3ccc(-c4ccc(OCCOC)cc4)cc3)c(CCCCCCC)c2)cc1. The van der Waals surface area contributed by atoms with Gasteiger partial charge >= 0.3 is 5.97 Å². The van der Waals surface area contributed by atoms with Crippen molar-refractivity contribution in [2.75, 3.05) is 40.1 Å². The van der Waals surface area contributed by atoms with Gasteiger partial charge in [0.15, 0.2) is 0 Å². The summed E-state index contributed by atoms with van der Waals surface area (Å²) >= 11 is 0. The third-order valence-corrected chi connectivity index (χ3v) is 8.39. The van der Waals surface area contributed by atoms with E-state index in [0.29, 0.717) is 19.0 Å². The van der Waals surface area contributed by atoms with Gasteiger partial charge in [0.05, 0.1) is 18.8 Å². The minimum atomic E-state index is -0.610. The zero-order valence-electron chi connectivity index (χ0n) is 28.5. The first-order valence-corrected chi connectivity index (χ1v) is 17.1. The van der Waals surface area contributed by atoms with Crippen molar-refractivity contribution < 1.29 is 28.8 Å².